The molecule has 1 aromatic heterocycles. The van der Waals surface area contributed by atoms with Gasteiger partial charge in [-0.2, -0.15) is 0 Å². The molecule has 1 amide bonds. The minimum absolute atomic E-state index is 0.0250. The fraction of sp³-hybridized carbons (Fsp3) is 0.625. The molecule has 1 fully saturated rings. The fourth-order valence-electron chi connectivity index (χ4n) is 2.58. The zero-order valence-corrected chi connectivity index (χ0v) is 13.1. The maximum atomic E-state index is 12.2. The van der Waals surface area contributed by atoms with Gasteiger partial charge >= 0.3 is 0 Å². The quantitative estimate of drug-likeness (QED) is 0.807. The highest BCUT2D eigenvalue weighted by molar-refractivity contribution is 5.94. The van der Waals surface area contributed by atoms with Crippen molar-refractivity contribution in [3.05, 3.63) is 23.9 Å². The van der Waals surface area contributed by atoms with E-state index in [0.29, 0.717) is 18.2 Å². The molecule has 0 saturated carbocycles. The Morgan fingerprint density at radius 2 is 2.19 bits per heavy atom. The summed E-state index contributed by atoms with van der Waals surface area (Å²) >= 11 is 0. The second-order valence-corrected chi connectivity index (χ2v) is 5.66. The van der Waals surface area contributed by atoms with E-state index in [1.54, 1.807) is 12.3 Å². The summed E-state index contributed by atoms with van der Waals surface area (Å²) in [7, 11) is 0. The van der Waals surface area contributed by atoms with Gasteiger partial charge in [-0.25, -0.2) is 4.98 Å². The van der Waals surface area contributed by atoms with Crippen molar-refractivity contribution in [3.8, 4) is 0 Å². The third-order valence-corrected chi connectivity index (χ3v) is 3.90. The summed E-state index contributed by atoms with van der Waals surface area (Å²) in [5.74, 6) is 0.736. The average molecular weight is 290 g/mol. The lowest BCUT2D eigenvalue weighted by Crippen LogP contribution is -2.40. The molecule has 5 nitrogen and oxygen atoms in total. The molecule has 0 radical (unpaired) electrons. The summed E-state index contributed by atoms with van der Waals surface area (Å²) in [5.41, 5.74) is 0.664. The van der Waals surface area contributed by atoms with Crippen LogP contribution in [0.2, 0.25) is 0 Å². The van der Waals surface area contributed by atoms with Crippen molar-refractivity contribution in [2.75, 3.05) is 31.5 Å². The lowest BCUT2D eigenvalue weighted by molar-refractivity contribution is 0.0940. The molecule has 1 unspecified atom stereocenters. The van der Waals surface area contributed by atoms with E-state index >= 15 is 0 Å². The Morgan fingerprint density at radius 3 is 2.90 bits per heavy atom. The lowest BCUT2D eigenvalue weighted by Gasteiger charge is -2.23. The van der Waals surface area contributed by atoms with Crippen molar-refractivity contribution in [3.63, 3.8) is 0 Å². The van der Waals surface area contributed by atoms with Crippen LogP contribution in [0.15, 0.2) is 18.3 Å². The molecule has 2 N–H and O–H groups in total. The number of aromatic nitrogens is 1. The van der Waals surface area contributed by atoms with E-state index in [4.69, 9.17) is 0 Å². The van der Waals surface area contributed by atoms with Crippen molar-refractivity contribution >= 4 is 11.7 Å². The highest BCUT2D eigenvalue weighted by Crippen LogP contribution is 2.11. The lowest BCUT2D eigenvalue weighted by atomic mass is 10.2. The Hall–Kier alpha value is -1.62. The zero-order chi connectivity index (χ0) is 15.1. The first-order chi connectivity index (χ1) is 10.2. The van der Waals surface area contributed by atoms with Crippen LogP contribution < -0.4 is 10.6 Å². The first kappa shape index (κ1) is 15.8. The molecule has 2 rings (SSSR count). The van der Waals surface area contributed by atoms with Gasteiger partial charge in [-0.05, 0) is 51.4 Å². The Bertz CT molecular complexity index is 457. The number of hydrogen-bond acceptors (Lipinski definition) is 4. The molecule has 0 aromatic carbocycles. The Kier molecular flexibility index (Phi) is 5.99. The zero-order valence-electron chi connectivity index (χ0n) is 13.1. The van der Waals surface area contributed by atoms with Crippen LogP contribution in [0.4, 0.5) is 5.82 Å². The van der Waals surface area contributed by atoms with Crippen LogP contribution in [0.25, 0.3) is 0 Å². The Balaban J connectivity index is 1.84. The number of carbonyl (C=O) groups is 1. The van der Waals surface area contributed by atoms with E-state index in [0.717, 1.165) is 31.9 Å². The molecular weight excluding hydrogens is 264 g/mol. The molecule has 5 heteroatoms. The minimum atomic E-state index is -0.0250. The van der Waals surface area contributed by atoms with E-state index in [9.17, 15) is 4.79 Å². The first-order valence-corrected chi connectivity index (χ1v) is 7.93. The largest absolute Gasteiger partial charge is 0.370 e. The second-order valence-electron chi connectivity index (χ2n) is 5.66. The number of nitrogens with one attached hydrogen (secondary N) is 2. The van der Waals surface area contributed by atoms with Gasteiger partial charge in [0.05, 0.1) is 0 Å². The molecule has 0 spiro atoms. The highest BCUT2D eigenvalue weighted by atomic mass is 16.1. The molecule has 2 heterocycles. The summed E-state index contributed by atoms with van der Waals surface area (Å²) in [6.45, 7) is 8.13. The van der Waals surface area contributed by atoms with Gasteiger partial charge in [-0.3, -0.25) is 9.69 Å². The van der Waals surface area contributed by atoms with Gasteiger partial charge in [0.2, 0.25) is 0 Å². The van der Waals surface area contributed by atoms with E-state index in [1.165, 1.54) is 12.8 Å². The van der Waals surface area contributed by atoms with Crippen LogP contribution >= 0.6 is 0 Å². The first-order valence-electron chi connectivity index (χ1n) is 7.93. The minimum Gasteiger partial charge on any atom is -0.370 e. The summed E-state index contributed by atoms with van der Waals surface area (Å²) in [5, 5.41) is 6.22. The molecule has 1 aliphatic heterocycles. The van der Waals surface area contributed by atoms with Crippen molar-refractivity contribution in [2.45, 2.75) is 39.2 Å². The van der Waals surface area contributed by atoms with E-state index in [1.807, 2.05) is 6.07 Å². The molecule has 1 aromatic rings. The maximum Gasteiger partial charge on any atom is 0.251 e. The number of rotatable bonds is 7. The molecule has 0 bridgehead atoms. The molecule has 1 aliphatic rings. The van der Waals surface area contributed by atoms with Crippen molar-refractivity contribution in [2.24, 2.45) is 0 Å². The second kappa shape index (κ2) is 7.98. The summed E-state index contributed by atoms with van der Waals surface area (Å²) in [4.78, 5) is 18.9. The fourth-order valence-corrected chi connectivity index (χ4v) is 2.58. The van der Waals surface area contributed by atoms with Crippen LogP contribution in [0.3, 0.4) is 0 Å². The van der Waals surface area contributed by atoms with Crippen LogP contribution in [-0.2, 0) is 0 Å². The molecule has 0 aliphatic carbocycles. The molecule has 116 valence electrons. The van der Waals surface area contributed by atoms with Crippen LogP contribution in [0.5, 0.6) is 0 Å². The van der Waals surface area contributed by atoms with Crippen molar-refractivity contribution in [1.29, 1.82) is 0 Å². The maximum absolute atomic E-state index is 12.2. The highest BCUT2D eigenvalue weighted by Gasteiger charge is 2.18. The van der Waals surface area contributed by atoms with Gasteiger partial charge in [0.25, 0.3) is 5.91 Å². The Labute approximate surface area is 127 Å². The average Bonchev–Trinajstić information content (AvgIpc) is 3.05. The van der Waals surface area contributed by atoms with Gasteiger partial charge in [-0.15, -0.1) is 0 Å². The van der Waals surface area contributed by atoms with E-state index in [-0.39, 0.29) is 5.91 Å². The van der Waals surface area contributed by atoms with Crippen LogP contribution in [-0.4, -0.2) is 48.0 Å². The summed E-state index contributed by atoms with van der Waals surface area (Å²) in [6.07, 6.45) is 5.26. The third-order valence-electron chi connectivity index (χ3n) is 3.90. The van der Waals surface area contributed by atoms with Crippen molar-refractivity contribution in [1.82, 2.24) is 15.2 Å². The monoisotopic (exact) mass is 290 g/mol. The smallest absolute Gasteiger partial charge is 0.251 e. The predicted molar refractivity (Wildman–Crippen MR) is 85.6 cm³/mol. The van der Waals surface area contributed by atoms with Gasteiger partial charge in [0.1, 0.15) is 5.82 Å². The normalized spacial score (nSPS) is 16.7. The number of likely N-dealkylation sites (tertiary alicyclic amines) is 1. The summed E-state index contributed by atoms with van der Waals surface area (Å²) < 4.78 is 0. The number of carbonyl (C=O) groups excluding carboxylic acids is 1. The van der Waals surface area contributed by atoms with Gasteiger partial charge in [0.15, 0.2) is 0 Å². The summed E-state index contributed by atoms with van der Waals surface area (Å²) in [6, 6.07) is 3.97. The van der Waals surface area contributed by atoms with Gasteiger partial charge in [0, 0.05) is 30.9 Å². The molecule has 1 saturated heterocycles. The van der Waals surface area contributed by atoms with Crippen LogP contribution in [0, 0.1) is 0 Å². The SMILES string of the molecule is CCCNc1cc(C(=O)NCC(C)N2CCCC2)ccn1. The topological polar surface area (TPSA) is 57.3 Å². The van der Waals surface area contributed by atoms with Crippen molar-refractivity contribution < 1.29 is 4.79 Å². The predicted octanol–water partition coefficient (Wildman–Crippen LogP) is 2.12. The number of amides is 1. The van der Waals surface area contributed by atoms with Crippen LogP contribution in [0.1, 0.15) is 43.5 Å². The molecule has 21 heavy (non-hydrogen) atoms. The Morgan fingerprint density at radius 1 is 1.43 bits per heavy atom. The third kappa shape index (κ3) is 4.70. The number of anilines is 1. The standard InChI is InChI=1S/C16H26N4O/c1-3-7-17-15-11-14(6-8-18-15)16(21)19-12-13(2)20-9-4-5-10-20/h6,8,11,13H,3-5,7,9-10,12H2,1-2H3,(H,17,18)(H,19,21). The molecular formula is C16H26N4O. The van der Waals surface area contributed by atoms with E-state index in [2.05, 4.69) is 34.4 Å². The van der Waals surface area contributed by atoms with Gasteiger partial charge in [-0.1, -0.05) is 6.92 Å². The number of nitrogens with zero attached hydrogens (tertiary/aromatic N) is 2. The number of pyridine rings is 1. The van der Waals surface area contributed by atoms with Gasteiger partial charge < -0.3 is 10.6 Å². The number of hydrogen-bond donors (Lipinski definition) is 2. The van der Waals surface area contributed by atoms with E-state index < -0.39 is 0 Å². The molecule has 1 atom stereocenters.